The molecule has 11 heteroatoms. The molecule has 4 rings (SSSR count). The van der Waals surface area contributed by atoms with Gasteiger partial charge in [0, 0.05) is 32.3 Å². The van der Waals surface area contributed by atoms with Gasteiger partial charge in [-0.2, -0.15) is 4.98 Å². The molecule has 3 aromatic rings. The Labute approximate surface area is 208 Å². The normalized spacial score (nSPS) is 16.4. The summed E-state index contributed by atoms with van der Waals surface area (Å²) in [5.74, 6) is 0.523. The molecular weight excluding hydrogens is 470 g/mol. The van der Waals surface area contributed by atoms with Gasteiger partial charge in [0.1, 0.15) is 23.3 Å². The molecule has 1 aliphatic heterocycles. The Bertz CT molecular complexity index is 1190. The summed E-state index contributed by atoms with van der Waals surface area (Å²) in [6.45, 7) is 6.30. The maximum absolute atomic E-state index is 12.9. The summed E-state index contributed by atoms with van der Waals surface area (Å²) < 4.78 is 17.1. The Morgan fingerprint density at radius 2 is 2.06 bits per heavy atom. The van der Waals surface area contributed by atoms with Gasteiger partial charge in [-0.1, -0.05) is 11.3 Å². The molecule has 1 atom stereocenters. The first kappa shape index (κ1) is 24.9. The van der Waals surface area contributed by atoms with Gasteiger partial charge in [-0.05, 0) is 58.2 Å². The number of aromatic hydroxyl groups is 1. The number of anilines is 1. The van der Waals surface area contributed by atoms with Crippen LogP contribution in [0.5, 0.6) is 11.5 Å². The van der Waals surface area contributed by atoms with Crippen LogP contribution in [-0.4, -0.2) is 70.5 Å². The Kier molecular flexibility index (Phi) is 7.27. The Morgan fingerprint density at radius 3 is 2.80 bits per heavy atom. The lowest BCUT2D eigenvalue weighted by molar-refractivity contribution is 0.0100. The number of benzene rings is 1. The van der Waals surface area contributed by atoms with Gasteiger partial charge in [0.2, 0.25) is 0 Å². The van der Waals surface area contributed by atoms with Gasteiger partial charge in [-0.3, -0.25) is 4.90 Å². The van der Waals surface area contributed by atoms with E-state index >= 15 is 0 Å². The van der Waals surface area contributed by atoms with Crippen LogP contribution in [0, 0.1) is 0 Å². The second-order valence-electron chi connectivity index (χ2n) is 9.41. The largest absolute Gasteiger partial charge is 0.508 e. The van der Waals surface area contributed by atoms with Crippen LogP contribution in [-0.2, 0) is 9.47 Å². The third-order valence-electron chi connectivity index (χ3n) is 5.56. The minimum atomic E-state index is -0.556. The van der Waals surface area contributed by atoms with Crippen molar-refractivity contribution in [3.05, 3.63) is 24.3 Å². The number of phenols is 1. The van der Waals surface area contributed by atoms with Crippen LogP contribution < -0.4 is 9.64 Å². The van der Waals surface area contributed by atoms with Crippen molar-refractivity contribution < 1.29 is 24.1 Å². The van der Waals surface area contributed by atoms with Crippen molar-refractivity contribution in [3.8, 4) is 22.8 Å². The summed E-state index contributed by atoms with van der Waals surface area (Å²) in [5, 5.41) is 19.3. The smallest absolute Gasteiger partial charge is 0.411 e. The van der Waals surface area contributed by atoms with E-state index < -0.39 is 5.60 Å². The quantitative estimate of drug-likeness (QED) is 0.484. The lowest BCUT2D eigenvalue weighted by Gasteiger charge is -2.41. The highest BCUT2D eigenvalue weighted by Crippen LogP contribution is 2.36. The van der Waals surface area contributed by atoms with Crippen molar-refractivity contribution in [2.24, 2.45) is 0 Å². The number of aromatic nitrogens is 3. The number of hydrogen-bond donors (Lipinski definition) is 1. The number of fused-ring (bicyclic) bond motifs is 1. The number of amides is 1. The number of phenolic OH excluding ortho intramolecular Hbond substituents is 1. The number of nitrogens with zero attached hydrogens (tertiary/aromatic N) is 5. The van der Waals surface area contributed by atoms with Crippen molar-refractivity contribution in [2.75, 3.05) is 32.4 Å². The molecule has 35 heavy (non-hydrogen) atoms. The first-order chi connectivity index (χ1) is 16.7. The third kappa shape index (κ3) is 5.73. The Balaban J connectivity index is 1.61. The van der Waals surface area contributed by atoms with Crippen molar-refractivity contribution >= 4 is 32.9 Å². The average Bonchev–Trinajstić information content (AvgIpc) is 3.24. The van der Waals surface area contributed by atoms with Crippen molar-refractivity contribution in [2.45, 2.75) is 51.8 Å². The molecule has 0 radical (unpaired) electrons. The predicted molar refractivity (Wildman–Crippen MR) is 134 cm³/mol. The molecule has 10 nitrogen and oxygen atoms in total. The fraction of sp³-hybridized carbons (Fsp3) is 0.500. The van der Waals surface area contributed by atoms with E-state index in [4.69, 9.17) is 14.2 Å². The Morgan fingerprint density at radius 1 is 1.26 bits per heavy atom. The number of methoxy groups -OCH3 is 1. The Hall–Kier alpha value is -3.18. The van der Waals surface area contributed by atoms with Gasteiger partial charge in [-0.25, -0.2) is 4.79 Å². The molecule has 0 bridgehead atoms. The fourth-order valence-corrected chi connectivity index (χ4v) is 4.90. The second kappa shape index (κ2) is 10.2. The summed E-state index contributed by atoms with van der Waals surface area (Å²) in [4.78, 5) is 21.3. The van der Waals surface area contributed by atoms with Gasteiger partial charge in [0.25, 0.3) is 0 Å². The third-order valence-corrected chi connectivity index (χ3v) is 6.65. The van der Waals surface area contributed by atoms with E-state index in [1.165, 1.54) is 24.5 Å². The fourth-order valence-electron chi connectivity index (χ4n) is 3.96. The highest BCUT2D eigenvalue weighted by Gasteiger charge is 2.34. The summed E-state index contributed by atoms with van der Waals surface area (Å²) >= 11 is 1.48. The average molecular weight is 502 g/mol. The standard InChI is InChI=1S/C24H31N5O5S/c1-24(2,3)34-23(31)29-11-7-6-8-20(29)28(4)22-25-21-19(35-22)13-17(26-27-21)16-10-9-15(30)12-18(16)33-14-32-5/h9-10,12-13,20,30H,6-8,11,14H2,1-5H3. The van der Waals surface area contributed by atoms with Crippen molar-refractivity contribution in [3.63, 3.8) is 0 Å². The molecule has 1 amide bonds. The molecule has 3 heterocycles. The summed E-state index contributed by atoms with van der Waals surface area (Å²) in [5.41, 5.74) is 1.24. The number of rotatable bonds is 6. The number of carbonyl (C=O) groups is 1. The van der Waals surface area contributed by atoms with Crippen LogP contribution in [0.25, 0.3) is 21.6 Å². The molecule has 1 fully saturated rings. The minimum Gasteiger partial charge on any atom is -0.508 e. The zero-order valence-corrected chi connectivity index (χ0v) is 21.5. The van der Waals surface area contributed by atoms with E-state index in [9.17, 15) is 9.90 Å². The first-order valence-corrected chi connectivity index (χ1v) is 12.3. The summed E-state index contributed by atoms with van der Waals surface area (Å²) in [6, 6.07) is 6.71. The van der Waals surface area contributed by atoms with E-state index in [0.717, 1.165) is 29.1 Å². The van der Waals surface area contributed by atoms with E-state index in [1.54, 1.807) is 17.0 Å². The number of thiazole rings is 1. The van der Waals surface area contributed by atoms with Gasteiger partial charge in [-0.15, -0.1) is 10.2 Å². The number of hydrogen-bond acceptors (Lipinski definition) is 10. The lowest BCUT2D eigenvalue weighted by atomic mass is 10.1. The van der Waals surface area contributed by atoms with Crippen LogP contribution in [0.3, 0.4) is 0 Å². The molecule has 1 N–H and O–H groups in total. The maximum atomic E-state index is 12.9. The first-order valence-electron chi connectivity index (χ1n) is 11.5. The number of ether oxygens (including phenoxy) is 3. The lowest BCUT2D eigenvalue weighted by Crippen LogP contribution is -2.53. The van der Waals surface area contributed by atoms with E-state index in [1.807, 2.05) is 38.8 Å². The molecule has 1 saturated heterocycles. The van der Waals surface area contributed by atoms with Crippen molar-refractivity contribution in [1.29, 1.82) is 0 Å². The number of likely N-dealkylation sites (tertiary alicyclic amines) is 1. The highest BCUT2D eigenvalue weighted by molar-refractivity contribution is 7.22. The van der Waals surface area contributed by atoms with E-state index in [2.05, 4.69) is 15.2 Å². The molecular formula is C24H31N5O5S. The van der Waals surface area contributed by atoms with Crippen LogP contribution >= 0.6 is 11.3 Å². The van der Waals surface area contributed by atoms with Crippen LogP contribution in [0.4, 0.5) is 9.93 Å². The summed E-state index contributed by atoms with van der Waals surface area (Å²) in [7, 11) is 3.47. The minimum absolute atomic E-state index is 0.0389. The predicted octanol–water partition coefficient (Wildman–Crippen LogP) is 4.62. The van der Waals surface area contributed by atoms with Gasteiger partial charge in [0.15, 0.2) is 17.6 Å². The monoisotopic (exact) mass is 501 g/mol. The molecule has 1 aliphatic rings. The molecule has 188 valence electrons. The van der Waals surface area contributed by atoms with Gasteiger partial charge >= 0.3 is 6.09 Å². The van der Waals surface area contributed by atoms with Gasteiger partial charge < -0.3 is 24.2 Å². The van der Waals surface area contributed by atoms with Gasteiger partial charge in [0.05, 0.1) is 10.4 Å². The molecule has 2 aromatic heterocycles. The van der Waals surface area contributed by atoms with E-state index in [-0.39, 0.29) is 24.8 Å². The zero-order valence-electron chi connectivity index (χ0n) is 20.6. The van der Waals surface area contributed by atoms with Crippen LogP contribution in [0.2, 0.25) is 0 Å². The molecule has 0 aliphatic carbocycles. The van der Waals surface area contributed by atoms with Crippen molar-refractivity contribution in [1.82, 2.24) is 20.1 Å². The van der Waals surface area contributed by atoms with Crippen LogP contribution in [0.15, 0.2) is 24.3 Å². The zero-order chi connectivity index (χ0) is 25.2. The SMILES string of the molecule is COCOc1cc(O)ccc1-c1cc2sc(N(C)C3CCCCN3C(=O)OC(C)(C)C)nc2nn1. The topological polar surface area (TPSA) is 110 Å². The van der Waals surface area contributed by atoms with E-state index in [0.29, 0.717) is 29.2 Å². The van der Waals surface area contributed by atoms with Crippen LogP contribution in [0.1, 0.15) is 40.0 Å². The molecule has 0 spiro atoms. The molecule has 1 aromatic carbocycles. The molecule has 0 saturated carbocycles. The maximum Gasteiger partial charge on any atom is 0.411 e. The number of carbonyl (C=O) groups excluding carboxylic acids is 1. The molecule has 1 unspecified atom stereocenters. The summed E-state index contributed by atoms with van der Waals surface area (Å²) in [6.07, 6.45) is 2.33. The highest BCUT2D eigenvalue weighted by atomic mass is 32.1. The number of piperidine rings is 1. The second-order valence-corrected chi connectivity index (χ2v) is 10.4.